The summed E-state index contributed by atoms with van der Waals surface area (Å²) in [6, 6.07) is 19.8. The summed E-state index contributed by atoms with van der Waals surface area (Å²) in [6.07, 6.45) is 1.31. The highest BCUT2D eigenvalue weighted by Crippen LogP contribution is 2.32. The maximum atomic E-state index is 13.4. The number of carboxylic acids is 1. The van der Waals surface area contributed by atoms with Gasteiger partial charge >= 0.3 is 18.1 Å². The Bertz CT molecular complexity index is 1290. The minimum absolute atomic E-state index is 0.162. The summed E-state index contributed by atoms with van der Waals surface area (Å²) in [5.74, 6) is 3.18. The maximum absolute atomic E-state index is 13.4. The summed E-state index contributed by atoms with van der Waals surface area (Å²) in [5, 5.41) is 9.21. The molecule has 7 heteroatoms. The van der Waals surface area contributed by atoms with Crippen molar-refractivity contribution in [1.82, 2.24) is 4.90 Å². The van der Waals surface area contributed by atoms with Crippen LogP contribution in [0.25, 0.3) is 0 Å². The summed E-state index contributed by atoms with van der Waals surface area (Å²) in [4.78, 5) is 24.5. The maximum Gasteiger partial charge on any atom is 0.416 e. The van der Waals surface area contributed by atoms with E-state index in [0.29, 0.717) is 5.56 Å². The number of rotatable bonds is 9. The van der Waals surface area contributed by atoms with Gasteiger partial charge in [0.1, 0.15) is 0 Å². The normalized spacial score (nSPS) is 10.9. The van der Waals surface area contributed by atoms with E-state index in [1.807, 2.05) is 12.1 Å². The molecule has 198 valence electrons. The fourth-order valence-corrected chi connectivity index (χ4v) is 4.04. The second-order valence-corrected chi connectivity index (χ2v) is 9.08. The number of hydrogen-bond acceptors (Lipinski definition) is 2. The molecule has 0 saturated heterocycles. The summed E-state index contributed by atoms with van der Waals surface area (Å²) >= 11 is 0. The molecule has 1 N–H and O–H groups in total. The highest BCUT2D eigenvalue weighted by atomic mass is 19.4. The third-order valence-electron chi connectivity index (χ3n) is 6.11. The second-order valence-electron chi connectivity index (χ2n) is 9.08. The number of alkyl halides is 3. The number of unbranched alkanes of at least 4 members (excludes halogenated alkanes) is 3. The first-order valence-corrected chi connectivity index (χ1v) is 12.5. The van der Waals surface area contributed by atoms with E-state index in [0.717, 1.165) is 28.5 Å². The van der Waals surface area contributed by atoms with Crippen LogP contribution in [0, 0.1) is 11.8 Å². The number of hydrogen-bond donors (Lipinski definition) is 1. The van der Waals surface area contributed by atoms with Gasteiger partial charge in [-0.25, -0.2) is 4.79 Å². The number of amides is 1. The molecule has 0 fully saturated rings. The molecule has 0 unspecified atom stereocenters. The number of nitrogens with zero attached hydrogens (tertiary/aromatic N) is 1. The molecule has 3 rings (SSSR count). The number of benzene rings is 3. The lowest BCUT2D eigenvalue weighted by atomic mass is 10.0. The summed E-state index contributed by atoms with van der Waals surface area (Å²) in [5.41, 5.74) is 2.38. The average Bonchev–Trinajstić information content (AvgIpc) is 2.90. The van der Waals surface area contributed by atoms with Crippen LogP contribution < -0.4 is 0 Å². The Morgan fingerprint density at radius 3 is 1.92 bits per heavy atom. The topological polar surface area (TPSA) is 57.6 Å². The van der Waals surface area contributed by atoms with Crippen LogP contribution in [0.4, 0.5) is 13.2 Å². The Hall–Kier alpha value is -4.05. The molecule has 3 aromatic carbocycles. The molecule has 0 spiro atoms. The van der Waals surface area contributed by atoms with E-state index in [1.54, 1.807) is 24.3 Å². The third-order valence-corrected chi connectivity index (χ3v) is 6.11. The van der Waals surface area contributed by atoms with Gasteiger partial charge in [-0.3, -0.25) is 4.79 Å². The van der Waals surface area contributed by atoms with Gasteiger partial charge in [0.2, 0.25) is 0 Å². The van der Waals surface area contributed by atoms with Gasteiger partial charge in [-0.15, -0.1) is 0 Å². The molecule has 0 bridgehead atoms. The van der Waals surface area contributed by atoms with E-state index in [4.69, 9.17) is 0 Å². The van der Waals surface area contributed by atoms with Crippen LogP contribution in [-0.2, 0) is 35.3 Å². The number of aryl methyl sites for hydroxylation is 1. The zero-order chi connectivity index (χ0) is 27.5. The first kappa shape index (κ1) is 28.5. The lowest BCUT2D eigenvalue weighted by Gasteiger charge is -2.23. The van der Waals surface area contributed by atoms with Gasteiger partial charge in [-0.05, 0) is 59.9 Å². The van der Waals surface area contributed by atoms with Crippen molar-refractivity contribution in [3.63, 3.8) is 0 Å². The first-order valence-electron chi connectivity index (χ1n) is 12.5. The Kier molecular flexibility index (Phi) is 10.1. The van der Waals surface area contributed by atoms with Crippen molar-refractivity contribution < 1.29 is 27.9 Å². The number of carbonyl (C=O) groups excluding carboxylic acids is 1. The highest BCUT2D eigenvalue weighted by molar-refractivity contribution is 6.31. The molecule has 0 atom stereocenters. The lowest BCUT2D eigenvalue weighted by Crippen LogP contribution is -2.36. The highest BCUT2D eigenvalue weighted by Gasteiger charge is 2.34. The number of carbonyl (C=O) groups is 2. The van der Waals surface area contributed by atoms with Crippen LogP contribution in [0.15, 0.2) is 72.8 Å². The first-order chi connectivity index (χ1) is 18.2. The molecule has 0 radical (unpaired) electrons. The number of carboxylic acid groups (broad SMARTS) is 1. The van der Waals surface area contributed by atoms with Crippen molar-refractivity contribution in [3.8, 4) is 11.8 Å². The van der Waals surface area contributed by atoms with E-state index in [-0.39, 0.29) is 12.1 Å². The van der Waals surface area contributed by atoms with Crippen LogP contribution in [-0.4, -0.2) is 21.9 Å². The van der Waals surface area contributed by atoms with Gasteiger partial charge in [-0.2, -0.15) is 13.2 Å². The molecule has 0 aromatic heterocycles. The van der Waals surface area contributed by atoms with Crippen molar-refractivity contribution >= 4 is 11.9 Å². The van der Waals surface area contributed by atoms with Gasteiger partial charge in [0.05, 0.1) is 5.56 Å². The Morgan fingerprint density at radius 2 is 1.37 bits per heavy atom. The van der Waals surface area contributed by atoms with Crippen LogP contribution in [0.5, 0.6) is 0 Å². The van der Waals surface area contributed by atoms with Gasteiger partial charge in [0, 0.05) is 24.2 Å². The van der Waals surface area contributed by atoms with Gasteiger partial charge in [-0.1, -0.05) is 80.5 Å². The quantitative estimate of drug-likeness (QED) is 0.191. The van der Waals surface area contributed by atoms with Crippen molar-refractivity contribution in [1.29, 1.82) is 0 Å². The monoisotopic (exact) mass is 521 g/mol. The summed E-state index contributed by atoms with van der Waals surface area (Å²) in [6.45, 7) is 1.54. The van der Waals surface area contributed by atoms with Crippen molar-refractivity contribution in [2.45, 2.75) is 58.3 Å². The van der Waals surface area contributed by atoms with Crippen LogP contribution in [0.2, 0.25) is 0 Å². The lowest BCUT2D eigenvalue weighted by molar-refractivity contribution is -0.156. The summed E-state index contributed by atoms with van der Waals surface area (Å²) < 4.78 is 40.2. The molecule has 0 saturated carbocycles. The van der Waals surface area contributed by atoms with Crippen LogP contribution in [0.1, 0.15) is 66.0 Å². The smallest absolute Gasteiger partial charge is 0.416 e. The second kappa shape index (κ2) is 13.5. The van der Waals surface area contributed by atoms with Crippen LogP contribution in [0.3, 0.4) is 0 Å². The van der Waals surface area contributed by atoms with Gasteiger partial charge in [0.25, 0.3) is 0 Å². The fourth-order valence-electron chi connectivity index (χ4n) is 4.04. The molecule has 0 aliphatic heterocycles. The van der Waals surface area contributed by atoms with E-state index < -0.39 is 30.2 Å². The minimum atomic E-state index is -4.62. The molecule has 0 aliphatic carbocycles. The largest absolute Gasteiger partial charge is 0.474 e. The standard InChI is InChI=1S/C31H30F3NO3/c1-2-3-4-5-8-23-11-13-24(14-12-23)15-16-25-17-19-26(20-18-25)21-35(29(36)30(37)38)22-27-9-6-7-10-28(27)31(32,33)34/h6-7,9-14,17-20H,2-5,8,21-22H2,1H3,(H,37,38). The average molecular weight is 522 g/mol. The number of halogens is 3. The Labute approximate surface area is 221 Å². The molecule has 38 heavy (non-hydrogen) atoms. The zero-order valence-electron chi connectivity index (χ0n) is 21.2. The molecule has 0 heterocycles. The molecular weight excluding hydrogens is 491 g/mol. The van der Waals surface area contributed by atoms with E-state index in [2.05, 4.69) is 30.9 Å². The predicted molar refractivity (Wildman–Crippen MR) is 140 cm³/mol. The van der Waals surface area contributed by atoms with Crippen LogP contribution >= 0.6 is 0 Å². The van der Waals surface area contributed by atoms with Gasteiger partial charge in [0.15, 0.2) is 0 Å². The zero-order valence-corrected chi connectivity index (χ0v) is 21.2. The molecule has 4 nitrogen and oxygen atoms in total. The van der Waals surface area contributed by atoms with Crippen molar-refractivity contribution in [3.05, 3.63) is 106 Å². The van der Waals surface area contributed by atoms with Gasteiger partial charge < -0.3 is 10.0 Å². The minimum Gasteiger partial charge on any atom is -0.474 e. The summed E-state index contributed by atoms with van der Waals surface area (Å²) in [7, 11) is 0. The van der Waals surface area contributed by atoms with E-state index in [1.165, 1.54) is 49.4 Å². The van der Waals surface area contributed by atoms with E-state index >= 15 is 0 Å². The Balaban J connectivity index is 1.68. The van der Waals surface area contributed by atoms with Crippen molar-refractivity contribution in [2.75, 3.05) is 0 Å². The molecular formula is C31H30F3NO3. The SMILES string of the molecule is CCCCCCc1ccc(C#Cc2ccc(CN(Cc3ccccc3C(F)(F)F)C(=O)C(=O)O)cc2)cc1. The Morgan fingerprint density at radius 1 is 0.789 bits per heavy atom. The van der Waals surface area contributed by atoms with E-state index in [9.17, 15) is 27.9 Å². The third kappa shape index (κ3) is 8.52. The molecule has 3 aromatic rings. The molecule has 1 amide bonds. The predicted octanol–water partition coefficient (Wildman–Crippen LogP) is 6.84. The fraction of sp³-hybridized carbons (Fsp3) is 0.290. The van der Waals surface area contributed by atoms with Crippen molar-refractivity contribution in [2.24, 2.45) is 0 Å². The number of aliphatic carboxylic acids is 1. The molecule has 0 aliphatic rings.